The van der Waals surface area contributed by atoms with Crippen LogP contribution in [-0.4, -0.2) is 24.6 Å². The van der Waals surface area contributed by atoms with Gasteiger partial charge in [-0.3, -0.25) is 0 Å². The number of nitrogens with zero attached hydrogens (tertiary/aromatic N) is 2. The summed E-state index contributed by atoms with van der Waals surface area (Å²) < 4.78 is 76.8. The summed E-state index contributed by atoms with van der Waals surface area (Å²) in [4.78, 5) is 14.1. The van der Waals surface area contributed by atoms with E-state index >= 15 is 0 Å². The lowest BCUT2D eigenvalue weighted by molar-refractivity contribution is -0.0498. The lowest BCUT2D eigenvalue weighted by Gasteiger charge is -2.19. The SMILES string of the molecule is Cn1cc(CS(=O)(=O)Oc2c(N)c(-c3ccccc3F)cc(C#N)c2-c2ccc(OC(F)F)cc2)[nH]c1=O. The van der Waals surface area contributed by atoms with Crippen molar-refractivity contribution in [3.05, 3.63) is 88.4 Å². The molecule has 0 bridgehead atoms. The Morgan fingerprint density at radius 2 is 1.82 bits per heavy atom. The van der Waals surface area contributed by atoms with E-state index in [4.69, 9.17) is 9.92 Å². The Balaban J connectivity index is 1.91. The fourth-order valence-corrected chi connectivity index (χ4v) is 4.82. The van der Waals surface area contributed by atoms with Crippen LogP contribution in [0.3, 0.4) is 0 Å². The lowest BCUT2D eigenvalue weighted by atomic mass is 9.92. The van der Waals surface area contributed by atoms with Gasteiger partial charge >= 0.3 is 22.4 Å². The highest BCUT2D eigenvalue weighted by molar-refractivity contribution is 7.86. The molecule has 0 spiro atoms. The number of rotatable bonds is 8. The molecular formula is C25H19F3N4O5S. The van der Waals surface area contributed by atoms with Crippen molar-refractivity contribution in [1.29, 1.82) is 5.26 Å². The number of imidazole rings is 1. The normalized spacial score (nSPS) is 11.4. The number of nitriles is 1. The maximum Gasteiger partial charge on any atom is 0.387 e. The van der Waals surface area contributed by atoms with Gasteiger partial charge in [-0.05, 0) is 29.8 Å². The third-order valence-corrected chi connectivity index (χ3v) is 6.54. The molecule has 4 aromatic rings. The first-order valence-corrected chi connectivity index (χ1v) is 12.4. The van der Waals surface area contributed by atoms with E-state index in [1.807, 2.05) is 6.07 Å². The standard InChI is InChI=1S/C25H19F3N4O5S/c1-32-12-16(31-25(32)33)13-38(34,35)37-23-21(14-6-8-17(9-7-14)36-24(27)28)15(11-29)10-19(22(23)30)18-4-2-3-5-20(18)26/h2-10,12,24H,13,30H2,1H3,(H,31,33). The van der Waals surface area contributed by atoms with Gasteiger partial charge in [0.1, 0.15) is 17.3 Å². The van der Waals surface area contributed by atoms with Crippen LogP contribution < -0.4 is 20.3 Å². The van der Waals surface area contributed by atoms with E-state index in [1.165, 1.54) is 67.8 Å². The van der Waals surface area contributed by atoms with Gasteiger partial charge in [-0.25, -0.2) is 9.18 Å². The second-order valence-electron chi connectivity index (χ2n) is 8.06. The van der Waals surface area contributed by atoms with E-state index in [2.05, 4.69) is 9.72 Å². The Kier molecular flexibility index (Phi) is 7.18. The summed E-state index contributed by atoms with van der Waals surface area (Å²) in [6.07, 6.45) is 1.27. The van der Waals surface area contributed by atoms with Crippen LogP contribution in [0.4, 0.5) is 18.9 Å². The summed E-state index contributed by atoms with van der Waals surface area (Å²) in [6, 6.07) is 13.7. The first-order valence-electron chi connectivity index (χ1n) is 10.8. The van der Waals surface area contributed by atoms with Crippen LogP contribution in [0.2, 0.25) is 0 Å². The molecule has 196 valence electrons. The number of hydrogen-bond donors (Lipinski definition) is 2. The summed E-state index contributed by atoms with van der Waals surface area (Å²) in [7, 11) is -3.07. The summed E-state index contributed by atoms with van der Waals surface area (Å²) >= 11 is 0. The second kappa shape index (κ2) is 10.3. The van der Waals surface area contributed by atoms with Gasteiger partial charge in [-0.15, -0.1) is 0 Å². The quantitative estimate of drug-likeness (QED) is 0.251. The van der Waals surface area contributed by atoms with E-state index in [1.54, 1.807) is 0 Å². The number of benzene rings is 3. The number of nitrogen functional groups attached to an aromatic ring is 1. The van der Waals surface area contributed by atoms with Crippen LogP contribution in [-0.2, 0) is 22.9 Å². The average Bonchev–Trinajstić information content (AvgIpc) is 3.16. The number of nitrogens with two attached hydrogens (primary N) is 1. The Labute approximate surface area is 214 Å². The van der Waals surface area contributed by atoms with Crippen LogP contribution in [0, 0.1) is 17.1 Å². The van der Waals surface area contributed by atoms with Gasteiger partial charge in [0.15, 0.2) is 5.75 Å². The van der Waals surface area contributed by atoms with Crippen molar-refractivity contribution in [3.8, 4) is 39.8 Å². The molecule has 1 heterocycles. The predicted octanol–water partition coefficient (Wildman–Crippen LogP) is 4.15. The average molecular weight is 545 g/mol. The van der Waals surface area contributed by atoms with Crippen LogP contribution in [0.5, 0.6) is 11.5 Å². The van der Waals surface area contributed by atoms with Gasteiger partial charge < -0.3 is 24.2 Å². The first kappa shape index (κ1) is 26.4. The number of aryl methyl sites for hydroxylation is 1. The van der Waals surface area contributed by atoms with Crippen LogP contribution in [0.15, 0.2) is 65.6 Å². The zero-order valence-corrected chi connectivity index (χ0v) is 20.4. The number of alkyl halides is 2. The van der Waals surface area contributed by atoms with Crippen LogP contribution >= 0.6 is 0 Å². The largest absolute Gasteiger partial charge is 0.435 e. The highest BCUT2D eigenvalue weighted by Crippen LogP contribution is 2.45. The molecule has 13 heteroatoms. The van der Waals surface area contributed by atoms with Gasteiger partial charge in [0.25, 0.3) is 0 Å². The van der Waals surface area contributed by atoms with Gasteiger partial charge in [0.05, 0.1) is 23.0 Å². The fraction of sp³-hybridized carbons (Fsp3) is 0.120. The fourth-order valence-electron chi connectivity index (χ4n) is 3.81. The van der Waals surface area contributed by atoms with Gasteiger partial charge in [0, 0.05) is 29.9 Å². The number of nitrogens with one attached hydrogen (secondary N) is 1. The topological polar surface area (TPSA) is 140 Å². The van der Waals surface area contributed by atoms with E-state index in [0.29, 0.717) is 0 Å². The monoisotopic (exact) mass is 544 g/mol. The lowest BCUT2D eigenvalue weighted by Crippen LogP contribution is -2.16. The van der Waals surface area contributed by atoms with Gasteiger partial charge in [-0.1, -0.05) is 30.3 Å². The zero-order chi connectivity index (χ0) is 27.6. The third kappa shape index (κ3) is 5.50. The zero-order valence-electron chi connectivity index (χ0n) is 19.6. The van der Waals surface area contributed by atoms with Gasteiger partial charge in [0.2, 0.25) is 0 Å². The van der Waals surface area contributed by atoms with Crippen molar-refractivity contribution in [1.82, 2.24) is 9.55 Å². The molecule has 9 nitrogen and oxygen atoms in total. The van der Waals surface area contributed by atoms with Crippen molar-refractivity contribution >= 4 is 15.8 Å². The summed E-state index contributed by atoms with van der Waals surface area (Å²) in [5, 5.41) is 9.92. The number of ether oxygens (including phenoxy) is 1. The molecule has 0 amide bonds. The van der Waals surface area contributed by atoms with Crippen LogP contribution in [0.1, 0.15) is 11.3 Å². The first-order chi connectivity index (χ1) is 18.0. The molecule has 4 rings (SSSR count). The highest BCUT2D eigenvalue weighted by Gasteiger charge is 2.26. The summed E-state index contributed by atoms with van der Waals surface area (Å²) in [5.41, 5.74) is 5.49. The Bertz CT molecular complexity index is 1710. The number of H-pyrrole nitrogens is 1. The number of hydrogen-bond acceptors (Lipinski definition) is 7. The molecule has 0 unspecified atom stereocenters. The maximum atomic E-state index is 14.7. The molecular weight excluding hydrogens is 525 g/mol. The third-order valence-electron chi connectivity index (χ3n) is 5.45. The molecule has 3 aromatic carbocycles. The molecule has 38 heavy (non-hydrogen) atoms. The molecule has 0 fully saturated rings. The van der Waals surface area contributed by atoms with E-state index < -0.39 is 39.7 Å². The van der Waals surface area contributed by atoms with Crippen molar-refractivity contribution in [3.63, 3.8) is 0 Å². The number of aromatic nitrogens is 2. The summed E-state index contributed by atoms with van der Waals surface area (Å²) in [6.45, 7) is -3.07. The molecule has 0 radical (unpaired) electrons. The minimum Gasteiger partial charge on any atom is -0.435 e. The van der Waals surface area contributed by atoms with Crippen molar-refractivity contribution < 1.29 is 30.5 Å². The Morgan fingerprint density at radius 1 is 1.13 bits per heavy atom. The van der Waals surface area contributed by atoms with Crippen molar-refractivity contribution in [2.24, 2.45) is 7.05 Å². The van der Waals surface area contributed by atoms with Crippen LogP contribution in [0.25, 0.3) is 22.3 Å². The molecule has 0 atom stereocenters. The minimum atomic E-state index is -4.49. The van der Waals surface area contributed by atoms with Crippen molar-refractivity contribution in [2.75, 3.05) is 5.73 Å². The Morgan fingerprint density at radius 3 is 2.39 bits per heavy atom. The number of anilines is 1. The Hall–Kier alpha value is -4.70. The van der Waals surface area contributed by atoms with E-state index in [-0.39, 0.29) is 44.9 Å². The molecule has 0 aliphatic carbocycles. The van der Waals surface area contributed by atoms with E-state index in [9.17, 15) is 31.6 Å². The molecule has 3 N–H and O–H groups in total. The molecule has 1 aromatic heterocycles. The van der Waals surface area contributed by atoms with Crippen molar-refractivity contribution in [2.45, 2.75) is 12.4 Å². The van der Waals surface area contributed by atoms with E-state index in [0.717, 1.165) is 4.57 Å². The predicted molar refractivity (Wildman–Crippen MR) is 132 cm³/mol. The molecule has 0 aliphatic heterocycles. The number of aromatic amines is 1. The number of halogens is 3. The summed E-state index contributed by atoms with van der Waals surface area (Å²) in [5.74, 6) is -2.08. The maximum absolute atomic E-state index is 14.7. The molecule has 0 aliphatic rings. The molecule has 0 saturated heterocycles. The highest BCUT2D eigenvalue weighted by atomic mass is 32.2. The minimum absolute atomic E-state index is 0.000582. The van der Waals surface area contributed by atoms with Gasteiger partial charge in [-0.2, -0.15) is 22.5 Å². The second-order valence-corrected chi connectivity index (χ2v) is 9.64. The molecule has 0 saturated carbocycles. The smallest absolute Gasteiger partial charge is 0.387 e.